The maximum Gasteiger partial charge on any atom is 0.303 e. The highest BCUT2D eigenvalue weighted by atomic mass is 32.2. The summed E-state index contributed by atoms with van der Waals surface area (Å²) in [4.78, 5) is 38.2. The van der Waals surface area contributed by atoms with E-state index in [-0.39, 0.29) is 29.5 Å². The lowest BCUT2D eigenvalue weighted by Crippen LogP contribution is -2.09. The maximum atomic E-state index is 12.5. The van der Waals surface area contributed by atoms with E-state index in [0.717, 1.165) is 0 Å². The first-order valence-corrected chi connectivity index (χ1v) is 11.8. The standard InChI is InChI=1S/C22H24N4O5S/c1-15(27)25-19-7-5-6-16(12-19)9-10-17-13-18(14-24-21(17)23)22(30)26-32(2,31)11-4-3-8-20(28)29/h5-7,12-14H,3-4,8,11H2,1-2H3,(H2,23,24)(H,25,27)(H,28,29)/t32-/m0/s1. The number of pyridine rings is 1. The Labute approximate surface area is 186 Å². The number of hydrogen-bond acceptors (Lipinski definition) is 6. The average molecular weight is 457 g/mol. The molecule has 0 saturated carbocycles. The lowest BCUT2D eigenvalue weighted by Gasteiger charge is -2.04. The van der Waals surface area contributed by atoms with Crippen molar-refractivity contribution in [2.24, 2.45) is 4.36 Å². The van der Waals surface area contributed by atoms with Crippen LogP contribution in [0.15, 0.2) is 40.9 Å². The molecule has 9 nitrogen and oxygen atoms in total. The van der Waals surface area contributed by atoms with Gasteiger partial charge in [0.15, 0.2) is 0 Å². The fourth-order valence-corrected chi connectivity index (χ4v) is 3.92. The van der Waals surface area contributed by atoms with Gasteiger partial charge in [0.2, 0.25) is 5.91 Å². The molecule has 2 aromatic rings. The monoisotopic (exact) mass is 456 g/mol. The van der Waals surface area contributed by atoms with Crippen LogP contribution in [0.4, 0.5) is 11.5 Å². The zero-order chi connectivity index (χ0) is 23.7. The zero-order valence-electron chi connectivity index (χ0n) is 17.8. The van der Waals surface area contributed by atoms with Crippen molar-refractivity contribution in [1.82, 2.24) is 4.98 Å². The molecule has 1 heterocycles. The first-order valence-electron chi connectivity index (χ1n) is 9.67. The molecule has 1 aromatic carbocycles. The summed E-state index contributed by atoms with van der Waals surface area (Å²) in [5, 5.41) is 11.3. The Bertz CT molecular complexity index is 1220. The minimum absolute atomic E-state index is 0.0267. The van der Waals surface area contributed by atoms with Gasteiger partial charge in [-0.25, -0.2) is 9.19 Å². The third kappa shape index (κ3) is 8.20. The van der Waals surface area contributed by atoms with Crippen molar-refractivity contribution in [2.45, 2.75) is 26.2 Å². The molecule has 0 aliphatic carbocycles. The summed E-state index contributed by atoms with van der Waals surface area (Å²) < 4.78 is 16.3. The van der Waals surface area contributed by atoms with E-state index in [2.05, 4.69) is 26.5 Å². The predicted octanol–water partition coefficient (Wildman–Crippen LogP) is 2.51. The lowest BCUT2D eigenvalue weighted by molar-refractivity contribution is -0.137. The fraction of sp³-hybridized carbons (Fsp3) is 0.273. The molecule has 0 fully saturated rings. The summed E-state index contributed by atoms with van der Waals surface area (Å²) in [6.45, 7) is 1.41. The molecular formula is C22H24N4O5S. The quantitative estimate of drug-likeness (QED) is 0.427. The molecule has 168 valence electrons. The van der Waals surface area contributed by atoms with Crippen molar-refractivity contribution >= 4 is 39.0 Å². The number of nitrogens with zero attached hydrogens (tertiary/aromatic N) is 2. The Balaban J connectivity index is 2.20. The number of aromatic nitrogens is 1. The number of anilines is 2. The van der Waals surface area contributed by atoms with Crippen molar-refractivity contribution in [3.8, 4) is 11.8 Å². The first-order chi connectivity index (χ1) is 15.1. The molecule has 0 unspecified atom stereocenters. The number of amides is 2. The number of aliphatic carboxylic acids is 1. The number of unbranched alkanes of at least 4 members (excludes halogenated alkanes) is 1. The Morgan fingerprint density at radius 3 is 2.66 bits per heavy atom. The number of rotatable bonds is 7. The Morgan fingerprint density at radius 1 is 1.22 bits per heavy atom. The van der Waals surface area contributed by atoms with Crippen molar-refractivity contribution in [1.29, 1.82) is 0 Å². The van der Waals surface area contributed by atoms with Gasteiger partial charge in [0, 0.05) is 42.8 Å². The summed E-state index contributed by atoms with van der Waals surface area (Å²) in [6, 6.07) is 8.35. The Hall–Kier alpha value is -3.71. The van der Waals surface area contributed by atoms with E-state index < -0.39 is 21.6 Å². The van der Waals surface area contributed by atoms with Crippen LogP contribution in [0.25, 0.3) is 0 Å². The van der Waals surface area contributed by atoms with Gasteiger partial charge in [-0.15, -0.1) is 0 Å². The van der Waals surface area contributed by atoms with Crippen LogP contribution in [0.1, 0.15) is 47.7 Å². The summed E-state index contributed by atoms with van der Waals surface area (Å²) in [5.41, 5.74) is 7.48. The zero-order valence-corrected chi connectivity index (χ0v) is 18.6. The van der Waals surface area contributed by atoms with E-state index in [1.54, 1.807) is 24.3 Å². The number of carbonyl (C=O) groups is 3. The topological polar surface area (TPSA) is 152 Å². The Morgan fingerprint density at radius 2 is 1.97 bits per heavy atom. The molecule has 2 rings (SSSR count). The number of carboxylic acid groups (broad SMARTS) is 1. The van der Waals surface area contributed by atoms with Crippen molar-refractivity contribution in [3.05, 3.63) is 53.2 Å². The third-order valence-electron chi connectivity index (χ3n) is 4.13. The number of hydrogen-bond donors (Lipinski definition) is 3. The molecule has 0 aliphatic heterocycles. The van der Waals surface area contributed by atoms with Crippen molar-refractivity contribution in [2.75, 3.05) is 23.1 Å². The minimum Gasteiger partial charge on any atom is -0.481 e. The second-order valence-electron chi connectivity index (χ2n) is 7.08. The molecule has 32 heavy (non-hydrogen) atoms. The molecule has 0 saturated heterocycles. The van der Waals surface area contributed by atoms with Gasteiger partial charge in [-0.2, -0.15) is 4.36 Å². The van der Waals surface area contributed by atoms with E-state index in [1.807, 2.05) is 0 Å². The van der Waals surface area contributed by atoms with Gasteiger partial charge < -0.3 is 16.2 Å². The predicted molar refractivity (Wildman–Crippen MR) is 123 cm³/mol. The molecule has 4 N–H and O–H groups in total. The normalized spacial score (nSPS) is 12.1. The van der Waals surface area contributed by atoms with E-state index in [4.69, 9.17) is 10.8 Å². The average Bonchev–Trinajstić information content (AvgIpc) is 2.70. The highest BCUT2D eigenvalue weighted by Crippen LogP contribution is 2.14. The van der Waals surface area contributed by atoms with E-state index in [1.165, 1.54) is 25.4 Å². The maximum absolute atomic E-state index is 12.5. The van der Waals surface area contributed by atoms with E-state index >= 15 is 0 Å². The van der Waals surface area contributed by atoms with Crippen LogP contribution in [0.3, 0.4) is 0 Å². The van der Waals surface area contributed by atoms with Gasteiger partial charge in [-0.05, 0) is 37.1 Å². The van der Waals surface area contributed by atoms with Crippen LogP contribution in [0.2, 0.25) is 0 Å². The molecule has 10 heteroatoms. The van der Waals surface area contributed by atoms with Gasteiger partial charge in [0.05, 0.1) is 20.9 Å². The lowest BCUT2D eigenvalue weighted by atomic mass is 10.1. The fourth-order valence-electron chi connectivity index (χ4n) is 2.63. The van der Waals surface area contributed by atoms with Crippen LogP contribution >= 0.6 is 0 Å². The smallest absolute Gasteiger partial charge is 0.303 e. The molecule has 1 atom stereocenters. The highest BCUT2D eigenvalue weighted by molar-refractivity contribution is 7.93. The summed E-state index contributed by atoms with van der Waals surface area (Å²) in [7, 11) is -2.82. The molecule has 0 spiro atoms. The Kier molecular flexibility index (Phi) is 8.49. The van der Waals surface area contributed by atoms with Gasteiger partial charge in [0.1, 0.15) is 5.82 Å². The second-order valence-corrected chi connectivity index (χ2v) is 9.59. The molecule has 0 aliphatic rings. The minimum atomic E-state index is -2.82. The van der Waals surface area contributed by atoms with Crippen LogP contribution in [0, 0.1) is 11.8 Å². The molecule has 0 bridgehead atoms. The highest BCUT2D eigenvalue weighted by Gasteiger charge is 2.12. The third-order valence-corrected chi connectivity index (χ3v) is 5.73. The van der Waals surface area contributed by atoms with Crippen LogP contribution < -0.4 is 11.1 Å². The first kappa shape index (κ1) is 24.6. The largest absolute Gasteiger partial charge is 0.481 e. The number of nitrogens with one attached hydrogen (secondary N) is 1. The number of benzene rings is 1. The SMILES string of the molecule is CC(=O)Nc1cccc(C#Cc2cc(C(=O)N=[S@@](C)(=O)CCCCC(=O)O)cnc2N)c1. The molecule has 1 aromatic heterocycles. The number of nitrogens with two attached hydrogens (primary N) is 1. The van der Waals surface area contributed by atoms with Gasteiger partial charge in [0.25, 0.3) is 5.91 Å². The molecule has 0 radical (unpaired) electrons. The van der Waals surface area contributed by atoms with Gasteiger partial charge in [-0.1, -0.05) is 17.9 Å². The van der Waals surface area contributed by atoms with E-state index in [9.17, 15) is 18.6 Å². The van der Waals surface area contributed by atoms with Crippen LogP contribution in [-0.4, -0.2) is 44.1 Å². The van der Waals surface area contributed by atoms with Crippen LogP contribution in [0.5, 0.6) is 0 Å². The summed E-state index contributed by atoms with van der Waals surface area (Å²) in [5.74, 6) is 4.16. The van der Waals surface area contributed by atoms with Crippen molar-refractivity contribution in [3.63, 3.8) is 0 Å². The summed E-state index contributed by atoms with van der Waals surface area (Å²) >= 11 is 0. The van der Waals surface area contributed by atoms with Gasteiger partial charge >= 0.3 is 5.97 Å². The molecule has 2 amide bonds. The number of carboxylic acids is 1. The van der Waals surface area contributed by atoms with Crippen LogP contribution in [-0.2, 0) is 19.3 Å². The van der Waals surface area contributed by atoms with Gasteiger partial charge in [-0.3, -0.25) is 14.4 Å². The summed E-state index contributed by atoms with van der Waals surface area (Å²) in [6.07, 6.45) is 3.31. The number of nitrogen functional groups attached to an aromatic ring is 1. The van der Waals surface area contributed by atoms with Crippen molar-refractivity contribution < 1.29 is 23.7 Å². The van der Waals surface area contributed by atoms with E-state index in [0.29, 0.717) is 29.7 Å². The second kappa shape index (κ2) is 11.1. The number of carbonyl (C=O) groups excluding carboxylic acids is 2. The molecular weight excluding hydrogens is 432 g/mol.